The average molecular weight is 394 g/mol. The van der Waals surface area contributed by atoms with Crippen molar-refractivity contribution in [3.63, 3.8) is 0 Å². The molecule has 0 spiro atoms. The number of nitrogens with one attached hydrogen (secondary N) is 2. The Balaban J connectivity index is 1.23. The maximum absolute atomic E-state index is 11.9. The Morgan fingerprint density at radius 3 is 2.74 bits per heavy atom. The molecule has 2 fully saturated rings. The number of carbonyl (C=O) groups excluding carboxylic acids is 2. The maximum Gasteiger partial charge on any atom is 0.228 e. The summed E-state index contributed by atoms with van der Waals surface area (Å²) < 4.78 is 5.30. The van der Waals surface area contributed by atoms with Crippen molar-refractivity contribution in [3.05, 3.63) is 12.1 Å². The lowest BCUT2D eigenvalue weighted by Crippen LogP contribution is -2.41. The van der Waals surface area contributed by atoms with Gasteiger partial charge in [0.1, 0.15) is 5.03 Å². The van der Waals surface area contributed by atoms with E-state index in [2.05, 4.69) is 25.7 Å². The molecule has 2 amide bonds. The van der Waals surface area contributed by atoms with Crippen LogP contribution in [0.25, 0.3) is 0 Å². The third-order valence-electron chi connectivity index (χ3n) is 4.49. The van der Waals surface area contributed by atoms with Gasteiger partial charge in [-0.15, -0.1) is 22.0 Å². The van der Waals surface area contributed by atoms with Gasteiger partial charge in [0.05, 0.1) is 13.2 Å². The van der Waals surface area contributed by atoms with Crippen molar-refractivity contribution in [1.82, 2.24) is 20.4 Å². The number of hydrogen-bond acceptors (Lipinski definition) is 7. The normalized spacial score (nSPS) is 17.5. The molecule has 1 saturated carbocycles. The van der Waals surface area contributed by atoms with Crippen LogP contribution in [-0.2, 0) is 14.3 Å². The molecule has 2 heterocycles. The van der Waals surface area contributed by atoms with E-state index in [1.807, 2.05) is 6.07 Å². The van der Waals surface area contributed by atoms with Gasteiger partial charge in [-0.1, -0.05) is 0 Å². The molecular formula is C18H27N5O3S. The number of aromatic nitrogens is 2. The number of hydrogen-bond donors (Lipinski definition) is 2. The van der Waals surface area contributed by atoms with E-state index in [0.717, 1.165) is 62.9 Å². The standard InChI is InChI=1S/C18H27N5O3S/c24-16(19-7-8-23-9-11-26-12-10-23)2-1-13-27-17-6-5-15(21-22-17)20-18(25)14-3-4-14/h5-6,14H,1-4,7-13H2,(H,19,24)(H,20,21,25). The minimum Gasteiger partial charge on any atom is -0.379 e. The van der Waals surface area contributed by atoms with Crippen LogP contribution in [0.4, 0.5) is 5.82 Å². The Hall–Kier alpha value is -1.71. The summed E-state index contributed by atoms with van der Waals surface area (Å²) in [5.41, 5.74) is 0. The third-order valence-corrected chi connectivity index (χ3v) is 5.50. The van der Waals surface area contributed by atoms with E-state index in [9.17, 15) is 9.59 Å². The molecule has 2 N–H and O–H groups in total. The van der Waals surface area contributed by atoms with Crippen LogP contribution in [0, 0.1) is 5.92 Å². The van der Waals surface area contributed by atoms with Crippen molar-refractivity contribution in [2.45, 2.75) is 30.7 Å². The molecule has 148 valence electrons. The van der Waals surface area contributed by atoms with Crippen LogP contribution < -0.4 is 10.6 Å². The largest absolute Gasteiger partial charge is 0.379 e. The second-order valence-corrected chi connectivity index (χ2v) is 7.89. The Morgan fingerprint density at radius 1 is 1.22 bits per heavy atom. The highest BCUT2D eigenvalue weighted by molar-refractivity contribution is 7.99. The van der Waals surface area contributed by atoms with Crippen LogP contribution in [0.5, 0.6) is 0 Å². The first-order valence-electron chi connectivity index (χ1n) is 9.55. The maximum atomic E-state index is 11.9. The molecule has 0 bridgehead atoms. The number of carbonyl (C=O) groups is 2. The Morgan fingerprint density at radius 2 is 2.04 bits per heavy atom. The fourth-order valence-corrected chi connectivity index (χ4v) is 3.47. The fourth-order valence-electron chi connectivity index (χ4n) is 2.71. The van der Waals surface area contributed by atoms with E-state index in [4.69, 9.17) is 4.74 Å². The first-order chi connectivity index (χ1) is 13.2. The zero-order valence-electron chi connectivity index (χ0n) is 15.5. The predicted molar refractivity (Wildman–Crippen MR) is 104 cm³/mol. The van der Waals surface area contributed by atoms with Crippen LogP contribution in [0.3, 0.4) is 0 Å². The topological polar surface area (TPSA) is 96.5 Å². The number of nitrogens with zero attached hydrogens (tertiary/aromatic N) is 3. The fraction of sp³-hybridized carbons (Fsp3) is 0.667. The summed E-state index contributed by atoms with van der Waals surface area (Å²) >= 11 is 1.57. The number of thioether (sulfide) groups is 1. The summed E-state index contributed by atoms with van der Waals surface area (Å²) in [6.07, 6.45) is 3.23. The molecule has 2 aliphatic rings. The van der Waals surface area contributed by atoms with Gasteiger partial charge < -0.3 is 15.4 Å². The highest BCUT2D eigenvalue weighted by Gasteiger charge is 2.29. The zero-order chi connectivity index (χ0) is 18.9. The van der Waals surface area contributed by atoms with Crippen molar-refractivity contribution in [3.8, 4) is 0 Å². The summed E-state index contributed by atoms with van der Waals surface area (Å²) in [5.74, 6) is 1.58. The number of anilines is 1. The minimum atomic E-state index is 0.0318. The molecule has 0 atom stereocenters. The molecule has 3 rings (SSSR count). The Labute approximate surface area is 163 Å². The van der Waals surface area contributed by atoms with Crippen molar-refractivity contribution in [2.24, 2.45) is 5.92 Å². The highest BCUT2D eigenvalue weighted by atomic mass is 32.2. The van der Waals surface area contributed by atoms with Crippen molar-refractivity contribution in [1.29, 1.82) is 0 Å². The van der Waals surface area contributed by atoms with Crippen molar-refractivity contribution in [2.75, 3.05) is 50.5 Å². The lowest BCUT2D eigenvalue weighted by molar-refractivity contribution is -0.121. The summed E-state index contributed by atoms with van der Waals surface area (Å²) in [5, 5.41) is 14.7. The first kappa shape index (κ1) is 20.0. The number of rotatable bonds is 10. The second-order valence-electron chi connectivity index (χ2n) is 6.78. The van der Waals surface area contributed by atoms with Gasteiger partial charge in [0.25, 0.3) is 0 Å². The number of ether oxygens (including phenoxy) is 1. The van der Waals surface area contributed by atoms with Crippen LogP contribution in [-0.4, -0.2) is 72.1 Å². The van der Waals surface area contributed by atoms with E-state index in [-0.39, 0.29) is 17.7 Å². The van der Waals surface area contributed by atoms with E-state index in [1.54, 1.807) is 17.8 Å². The zero-order valence-corrected chi connectivity index (χ0v) is 16.3. The molecule has 1 aromatic heterocycles. The van der Waals surface area contributed by atoms with Crippen LogP contribution in [0.1, 0.15) is 25.7 Å². The molecular weight excluding hydrogens is 366 g/mol. The van der Waals surface area contributed by atoms with Gasteiger partial charge in [-0.3, -0.25) is 14.5 Å². The quantitative estimate of drug-likeness (QED) is 0.455. The monoisotopic (exact) mass is 393 g/mol. The molecule has 1 saturated heterocycles. The van der Waals surface area contributed by atoms with Gasteiger partial charge in [0.2, 0.25) is 11.8 Å². The summed E-state index contributed by atoms with van der Waals surface area (Å²) in [4.78, 5) is 25.8. The Bertz CT molecular complexity index is 618. The van der Waals surface area contributed by atoms with Gasteiger partial charge in [-0.25, -0.2) is 0 Å². The van der Waals surface area contributed by atoms with Gasteiger partial charge in [-0.05, 0) is 31.4 Å². The molecule has 8 nitrogen and oxygen atoms in total. The molecule has 0 aromatic carbocycles. The minimum absolute atomic E-state index is 0.0318. The van der Waals surface area contributed by atoms with E-state index in [0.29, 0.717) is 18.8 Å². The first-order valence-corrected chi connectivity index (χ1v) is 10.5. The van der Waals surface area contributed by atoms with Crippen LogP contribution in [0.15, 0.2) is 17.2 Å². The summed E-state index contributed by atoms with van der Waals surface area (Å²) in [6, 6.07) is 3.62. The van der Waals surface area contributed by atoms with Gasteiger partial charge in [0.15, 0.2) is 5.82 Å². The highest BCUT2D eigenvalue weighted by Crippen LogP contribution is 2.30. The molecule has 1 aliphatic carbocycles. The van der Waals surface area contributed by atoms with Crippen molar-refractivity contribution >= 4 is 29.4 Å². The molecule has 27 heavy (non-hydrogen) atoms. The average Bonchev–Trinajstić information content (AvgIpc) is 3.53. The molecule has 0 unspecified atom stereocenters. The molecule has 1 aliphatic heterocycles. The third kappa shape index (κ3) is 7.43. The predicted octanol–water partition coefficient (Wildman–Crippen LogP) is 1.15. The molecule has 0 radical (unpaired) electrons. The van der Waals surface area contributed by atoms with Crippen LogP contribution in [0.2, 0.25) is 0 Å². The summed E-state index contributed by atoms with van der Waals surface area (Å²) in [6.45, 7) is 5.01. The number of amides is 2. The van der Waals surface area contributed by atoms with E-state index >= 15 is 0 Å². The van der Waals surface area contributed by atoms with Gasteiger partial charge in [-0.2, -0.15) is 0 Å². The Kier molecular flexibility index (Phi) is 7.85. The number of morpholine rings is 1. The van der Waals surface area contributed by atoms with E-state index < -0.39 is 0 Å². The van der Waals surface area contributed by atoms with E-state index in [1.165, 1.54) is 0 Å². The van der Waals surface area contributed by atoms with Gasteiger partial charge in [0, 0.05) is 44.3 Å². The lowest BCUT2D eigenvalue weighted by atomic mass is 10.3. The molecule has 1 aromatic rings. The smallest absolute Gasteiger partial charge is 0.228 e. The van der Waals surface area contributed by atoms with Crippen LogP contribution >= 0.6 is 11.8 Å². The van der Waals surface area contributed by atoms with Gasteiger partial charge >= 0.3 is 0 Å². The molecule has 9 heteroatoms. The lowest BCUT2D eigenvalue weighted by Gasteiger charge is -2.26. The van der Waals surface area contributed by atoms with Crippen molar-refractivity contribution < 1.29 is 14.3 Å². The SMILES string of the molecule is O=C(CCCSc1ccc(NC(=O)C2CC2)nn1)NCCN1CCOCC1. The second kappa shape index (κ2) is 10.6. The summed E-state index contributed by atoms with van der Waals surface area (Å²) in [7, 11) is 0.